The highest BCUT2D eigenvalue weighted by atomic mass is 35.5. The Labute approximate surface area is 61.0 Å². The molecule has 0 aromatic rings. The minimum absolute atomic E-state index is 0.257. The second-order valence-corrected chi connectivity index (χ2v) is 3.14. The Morgan fingerprint density at radius 1 is 1.56 bits per heavy atom. The van der Waals surface area contributed by atoms with Crippen LogP contribution in [0.3, 0.4) is 0 Å². The normalized spacial score (nSPS) is 22.0. The van der Waals surface area contributed by atoms with Gasteiger partial charge in [-0.25, -0.2) is 0 Å². The molecule has 0 amide bonds. The van der Waals surface area contributed by atoms with Crippen LogP contribution >= 0.6 is 11.6 Å². The third kappa shape index (κ3) is 3.07. The third-order valence-corrected chi connectivity index (χ3v) is 2.14. The molecule has 0 saturated heterocycles. The molecule has 1 atom stereocenters. The second-order valence-electron chi connectivity index (χ2n) is 2.83. The largest absolute Gasteiger partial charge is 0.392 e. The second kappa shape index (κ2) is 3.43. The number of halogens is 1. The minimum Gasteiger partial charge on any atom is -0.392 e. The molecule has 54 valence electrons. The molecule has 2 heteroatoms. The van der Waals surface area contributed by atoms with Gasteiger partial charge in [0.25, 0.3) is 0 Å². The molecule has 1 fully saturated rings. The summed E-state index contributed by atoms with van der Waals surface area (Å²) in [4.78, 5) is 0. The van der Waals surface area contributed by atoms with Crippen LogP contribution < -0.4 is 0 Å². The van der Waals surface area contributed by atoms with E-state index in [-0.39, 0.29) is 6.10 Å². The number of aliphatic hydroxyl groups is 1. The van der Waals surface area contributed by atoms with Gasteiger partial charge < -0.3 is 5.11 Å². The molecule has 1 nitrogen and oxygen atoms in total. The van der Waals surface area contributed by atoms with Crippen molar-refractivity contribution in [2.75, 3.05) is 5.88 Å². The average molecular weight is 149 g/mol. The summed E-state index contributed by atoms with van der Waals surface area (Å²) in [6, 6.07) is 0. The fourth-order valence-electron chi connectivity index (χ4n) is 0.912. The van der Waals surface area contributed by atoms with Gasteiger partial charge in [0.15, 0.2) is 0 Å². The third-order valence-electron chi connectivity index (χ3n) is 1.78. The van der Waals surface area contributed by atoms with Crippen molar-refractivity contribution in [3.05, 3.63) is 0 Å². The lowest BCUT2D eigenvalue weighted by Gasteiger charge is -2.03. The molecular weight excluding hydrogens is 136 g/mol. The summed E-state index contributed by atoms with van der Waals surface area (Å²) in [7, 11) is 0. The first-order chi connectivity index (χ1) is 4.33. The van der Waals surface area contributed by atoms with Crippen LogP contribution in [0.4, 0.5) is 0 Å². The molecule has 0 heterocycles. The number of hydrogen-bond donors (Lipinski definition) is 1. The van der Waals surface area contributed by atoms with Gasteiger partial charge in [-0.1, -0.05) is 12.8 Å². The van der Waals surface area contributed by atoms with Gasteiger partial charge in [-0.05, 0) is 18.8 Å². The molecule has 0 bridgehead atoms. The molecule has 1 unspecified atom stereocenters. The Morgan fingerprint density at radius 3 is 2.67 bits per heavy atom. The van der Waals surface area contributed by atoms with E-state index < -0.39 is 0 Å². The molecule has 1 aliphatic carbocycles. The van der Waals surface area contributed by atoms with Crippen molar-refractivity contribution in [2.45, 2.75) is 31.8 Å². The average Bonchev–Trinajstić information content (AvgIpc) is 2.65. The molecule has 9 heavy (non-hydrogen) atoms. The fourth-order valence-corrected chi connectivity index (χ4v) is 1.07. The molecule has 0 spiro atoms. The van der Waals surface area contributed by atoms with Crippen molar-refractivity contribution in [1.82, 2.24) is 0 Å². The van der Waals surface area contributed by atoms with Crippen molar-refractivity contribution < 1.29 is 5.11 Å². The first-order valence-corrected chi connectivity index (χ1v) is 4.10. The van der Waals surface area contributed by atoms with E-state index in [1.165, 1.54) is 19.3 Å². The lowest BCUT2D eigenvalue weighted by molar-refractivity contribution is 0.182. The summed E-state index contributed by atoms with van der Waals surface area (Å²) >= 11 is 5.41. The topological polar surface area (TPSA) is 20.2 Å². The SMILES string of the molecule is OC(CCl)CCC1CC1. The van der Waals surface area contributed by atoms with Gasteiger partial charge in [-0.3, -0.25) is 0 Å². The van der Waals surface area contributed by atoms with Gasteiger partial charge in [0.05, 0.1) is 6.10 Å². The Morgan fingerprint density at radius 2 is 2.22 bits per heavy atom. The van der Waals surface area contributed by atoms with E-state index in [9.17, 15) is 0 Å². The maximum Gasteiger partial charge on any atom is 0.0675 e. The maximum absolute atomic E-state index is 9.00. The standard InChI is InChI=1S/C7H13ClO/c8-5-7(9)4-3-6-1-2-6/h6-7,9H,1-5H2. The van der Waals surface area contributed by atoms with Gasteiger partial charge in [0, 0.05) is 5.88 Å². The van der Waals surface area contributed by atoms with E-state index in [1.54, 1.807) is 0 Å². The molecule has 1 rings (SSSR count). The smallest absolute Gasteiger partial charge is 0.0675 e. The first-order valence-electron chi connectivity index (χ1n) is 3.57. The van der Waals surface area contributed by atoms with Crippen LogP contribution in [-0.4, -0.2) is 17.1 Å². The van der Waals surface area contributed by atoms with E-state index in [0.29, 0.717) is 5.88 Å². The van der Waals surface area contributed by atoms with Crippen molar-refractivity contribution in [2.24, 2.45) is 5.92 Å². The summed E-state index contributed by atoms with van der Waals surface area (Å²) < 4.78 is 0. The van der Waals surface area contributed by atoms with Crippen LogP contribution in [0.25, 0.3) is 0 Å². The zero-order valence-electron chi connectivity index (χ0n) is 5.52. The molecule has 0 aromatic heterocycles. The van der Waals surface area contributed by atoms with E-state index in [0.717, 1.165) is 12.3 Å². The molecular formula is C7H13ClO. The lowest BCUT2D eigenvalue weighted by atomic mass is 10.1. The molecule has 1 N–H and O–H groups in total. The fraction of sp³-hybridized carbons (Fsp3) is 1.00. The summed E-state index contributed by atoms with van der Waals surface area (Å²) in [6.07, 6.45) is 4.55. The lowest BCUT2D eigenvalue weighted by Crippen LogP contribution is -2.07. The van der Waals surface area contributed by atoms with E-state index in [1.807, 2.05) is 0 Å². The molecule has 0 radical (unpaired) electrons. The Kier molecular flexibility index (Phi) is 2.80. The van der Waals surface area contributed by atoms with Gasteiger partial charge in [0.2, 0.25) is 0 Å². The van der Waals surface area contributed by atoms with Crippen LogP contribution in [0.5, 0.6) is 0 Å². The minimum atomic E-state index is -0.257. The molecule has 0 aromatic carbocycles. The van der Waals surface area contributed by atoms with Crippen molar-refractivity contribution in [1.29, 1.82) is 0 Å². The number of alkyl halides is 1. The van der Waals surface area contributed by atoms with Gasteiger partial charge >= 0.3 is 0 Å². The highest BCUT2D eigenvalue weighted by Gasteiger charge is 2.21. The van der Waals surface area contributed by atoms with Crippen molar-refractivity contribution in [3.8, 4) is 0 Å². The predicted molar refractivity (Wildman–Crippen MR) is 38.7 cm³/mol. The van der Waals surface area contributed by atoms with Crippen LogP contribution in [0, 0.1) is 5.92 Å². The van der Waals surface area contributed by atoms with Gasteiger partial charge in [-0.15, -0.1) is 11.6 Å². The zero-order valence-corrected chi connectivity index (χ0v) is 6.27. The number of hydrogen-bond acceptors (Lipinski definition) is 1. The monoisotopic (exact) mass is 148 g/mol. The molecule has 0 aliphatic heterocycles. The van der Waals surface area contributed by atoms with Gasteiger partial charge in [-0.2, -0.15) is 0 Å². The summed E-state index contributed by atoms with van der Waals surface area (Å²) in [5.74, 6) is 1.31. The quantitative estimate of drug-likeness (QED) is 0.603. The van der Waals surface area contributed by atoms with Crippen LogP contribution in [0.15, 0.2) is 0 Å². The van der Waals surface area contributed by atoms with Gasteiger partial charge in [0.1, 0.15) is 0 Å². The summed E-state index contributed by atoms with van der Waals surface area (Å²) in [5.41, 5.74) is 0. The Balaban J connectivity index is 1.90. The van der Waals surface area contributed by atoms with Crippen LogP contribution in [0.2, 0.25) is 0 Å². The van der Waals surface area contributed by atoms with Crippen molar-refractivity contribution in [3.63, 3.8) is 0 Å². The van der Waals surface area contributed by atoms with Crippen LogP contribution in [0.1, 0.15) is 25.7 Å². The Bertz CT molecular complexity index is 81.0. The molecule has 1 saturated carbocycles. The van der Waals surface area contributed by atoms with E-state index in [4.69, 9.17) is 16.7 Å². The van der Waals surface area contributed by atoms with Crippen molar-refractivity contribution >= 4 is 11.6 Å². The number of rotatable bonds is 4. The predicted octanol–water partition coefficient (Wildman–Crippen LogP) is 1.78. The first kappa shape index (κ1) is 7.36. The highest BCUT2D eigenvalue weighted by Crippen LogP contribution is 2.33. The molecule has 1 aliphatic rings. The zero-order chi connectivity index (χ0) is 6.69. The number of aliphatic hydroxyl groups excluding tert-OH is 1. The summed E-state index contributed by atoms with van der Waals surface area (Å²) in [5, 5.41) is 9.00. The maximum atomic E-state index is 9.00. The highest BCUT2D eigenvalue weighted by molar-refractivity contribution is 6.18. The van der Waals surface area contributed by atoms with E-state index >= 15 is 0 Å². The Hall–Kier alpha value is 0.250. The van der Waals surface area contributed by atoms with Crippen LogP contribution in [-0.2, 0) is 0 Å². The summed E-state index contributed by atoms with van der Waals surface area (Å²) in [6.45, 7) is 0. The van der Waals surface area contributed by atoms with E-state index in [2.05, 4.69) is 0 Å².